The summed E-state index contributed by atoms with van der Waals surface area (Å²) in [5.41, 5.74) is 1.80. The summed E-state index contributed by atoms with van der Waals surface area (Å²) in [4.78, 5) is 4.28. The van der Waals surface area contributed by atoms with Crippen LogP contribution in [0.3, 0.4) is 0 Å². The van der Waals surface area contributed by atoms with Gasteiger partial charge in [0.1, 0.15) is 0 Å². The van der Waals surface area contributed by atoms with Crippen LogP contribution >= 0.6 is 0 Å². The Kier molecular flexibility index (Phi) is 4.42. The first-order chi connectivity index (χ1) is 7.09. The Balaban J connectivity index is 2.35. The minimum absolute atomic E-state index is 0.505. The average Bonchev–Trinajstić information content (AvgIpc) is 2.18. The van der Waals surface area contributed by atoms with Gasteiger partial charge in [-0.1, -0.05) is 13.8 Å². The average molecular weight is 209 g/mol. The number of aromatic nitrogens is 3. The summed E-state index contributed by atoms with van der Waals surface area (Å²) in [6, 6.07) is 0.505. The number of hydrogen-bond donors (Lipinski definition) is 2. The van der Waals surface area contributed by atoms with E-state index >= 15 is 0 Å². The molecule has 1 aromatic rings. The fourth-order valence-electron chi connectivity index (χ4n) is 1.07. The molecule has 0 aliphatic carbocycles. The molecular formula is C10H19N5. The van der Waals surface area contributed by atoms with Gasteiger partial charge in [0.25, 0.3) is 0 Å². The monoisotopic (exact) mass is 209 g/mol. The molecular weight excluding hydrogens is 190 g/mol. The van der Waals surface area contributed by atoms with Gasteiger partial charge in [-0.2, -0.15) is 5.10 Å². The minimum atomic E-state index is 0.505. The third-order valence-corrected chi connectivity index (χ3v) is 2.05. The van der Waals surface area contributed by atoms with Gasteiger partial charge in [-0.3, -0.25) is 0 Å². The van der Waals surface area contributed by atoms with Gasteiger partial charge in [0.2, 0.25) is 5.95 Å². The molecule has 84 valence electrons. The summed E-state index contributed by atoms with van der Waals surface area (Å²) in [7, 11) is 0. The van der Waals surface area contributed by atoms with Gasteiger partial charge in [-0.25, -0.2) is 4.98 Å². The third kappa shape index (κ3) is 4.20. The normalized spacial score (nSPS) is 10.7. The van der Waals surface area contributed by atoms with Crippen LogP contribution in [0.15, 0.2) is 0 Å². The van der Waals surface area contributed by atoms with Crippen molar-refractivity contribution < 1.29 is 0 Å². The zero-order chi connectivity index (χ0) is 11.3. The molecule has 0 aliphatic rings. The Hall–Kier alpha value is -1.23. The molecule has 0 atom stereocenters. The Morgan fingerprint density at radius 3 is 2.40 bits per heavy atom. The van der Waals surface area contributed by atoms with Crippen molar-refractivity contribution in [2.24, 2.45) is 0 Å². The van der Waals surface area contributed by atoms with E-state index in [0.717, 1.165) is 24.5 Å². The molecule has 0 aliphatic heterocycles. The first-order valence-electron chi connectivity index (χ1n) is 5.24. The smallest absolute Gasteiger partial charge is 0.243 e. The molecule has 1 heterocycles. The van der Waals surface area contributed by atoms with E-state index in [1.807, 2.05) is 13.8 Å². The molecule has 0 unspecified atom stereocenters. The maximum Gasteiger partial charge on any atom is 0.243 e. The van der Waals surface area contributed by atoms with E-state index in [1.165, 1.54) is 0 Å². The van der Waals surface area contributed by atoms with E-state index in [1.54, 1.807) is 0 Å². The number of nitrogens with one attached hydrogen (secondary N) is 2. The highest BCUT2D eigenvalue weighted by atomic mass is 15.2. The van der Waals surface area contributed by atoms with Crippen LogP contribution in [0.2, 0.25) is 0 Å². The molecule has 0 fully saturated rings. The quantitative estimate of drug-likeness (QED) is 0.705. The lowest BCUT2D eigenvalue weighted by molar-refractivity contribution is 0.601. The Morgan fingerprint density at radius 2 is 1.80 bits per heavy atom. The predicted molar refractivity (Wildman–Crippen MR) is 60.9 cm³/mol. The summed E-state index contributed by atoms with van der Waals surface area (Å²) in [5, 5.41) is 14.4. The van der Waals surface area contributed by atoms with Crippen LogP contribution in [0.1, 0.15) is 25.2 Å². The first-order valence-corrected chi connectivity index (χ1v) is 5.24. The molecule has 0 spiro atoms. The second kappa shape index (κ2) is 5.60. The van der Waals surface area contributed by atoms with Crippen molar-refractivity contribution in [3.8, 4) is 0 Å². The van der Waals surface area contributed by atoms with Gasteiger partial charge in [0.05, 0.1) is 11.4 Å². The van der Waals surface area contributed by atoms with Crippen molar-refractivity contribution in [2.45, 2.75) is 33.7 Å². The van der Waals surface area contributed by atoms with Gasteiger partial charge in [0.15, 0.2) is 0 Å². The molecule has 0 bridgehead atoms. The van der Waals surface area contributed by atoms with Crippen molar-refractivity contribution in [1.29, 1.82) is 0 Å². The van der Waals surface area contributed by atoms with Gasteiger partial charge in [-0.15, -0.1) is 5.10 Å². The largest absolute Gasteiger partial charge is 0.352 e. The lowest BCUT2D eigenvalue weighted by Crippen LogP contribution is -2.28. The van der Waals surface area contributed by atoms with E-state index in [-0.39, 0.29) is 0 Å². The molecule has 0 saturated carbocycles. The molecule has 5 heteroatoms. The van der Waals surface area contributed by atoms with Crippen molar-refractivity contribution in [2.75, 3.05) is 18.4 Å². The minimum Gasteiger partial charge on any atom is -0.352 e. The Labute approximate surface area is 90.7 Å². The molecule has 5 nitrogen and oxygen atoms in total. The molecule has 1 aromatic heterocycles. The summed E-state index contributed by atoms with van der Waals surface area (Å²) < 4.78 is 0. The number of rotatable bonds is 5. The summed E-state index contributed by atoms with van der Waals surface area (Å²) in [6.45, 7) is 9.78. The van der Waals surface area contributed by atoms with Crippen LogP contribution in [0.5, 0.6) is 0 Å². The van der Waals surface area contributed by atoms with Gasteiger partial charge >= 0.3 is 0 Å². The second-order valence-electron chi connectivity index (χ2n) is 3.84. The van der Waals surface area contributed by atoms with E-state index in [2.05, 4.69) is 39.7 Å². The first kappa shape index (κ1) is 11.8. The summed E-state index contributed by atoms with van der Waals surface area (Å²) >= 11 is 0. The highest BCUT2D eigenvalue weighted by Crippen LogP contribution is 2.00. The van der Waals surface area contributed by atoms with Crippen molar-refractivity contribution >= 4 is 5.95 Å². The van der Waals surface area contributed by atoms with Crippen molar-refractivity contribution in [3.05, 3.63) is 11.4 Å². The Bertz CT molecular complexity index is 311. The van der Waals surface area contributed by atoms with E-state index < -0.39 is 0 Å². The molecule has 2 N–H and O–H groups in total. The lowest BCUT2D eigenvalue weighted by atomic mass is 10.4. The maximum atomic E-state index is 4.28. The van der Waals surface area contributed by atoms with Crippen molar-refractivity contribution in [3.63, 3.8) is 0 Å². The highest BCUT2D eigenvalue weighted by Gasteiger charge is 2.00. The van der Waals surface area contributed by atoms with E-state index in [4.69, 9.17) is 0 Å². The Morgan fingerprint density at radius 1 is 1.07 bits per heavy atom. The topological polar surface area (TPSA) is 62.7 Å². The van der Waals surface area contributed by atoms with Crippen LogP contribution in [-0.4, -0.2) is 34.3 Å². The standard InChI is InChI=1S/C10H19N5/c1-7(2)11-5-6-12-10-13-8(3)9(4)14-15-10/h7,11H,5-6H2,1-4H3,(H,12,13,15). The summed E-state index contributed by atoms with van der Waals surface area (Å²) in [5.74, 6) is 0.601. The third-order valence-electron chi connectivity index (χ3n) is 2.05. The molecule has 15 heavy (non-hydrogen) atoms. The fraction of sp³-hybridized carbons (Fsp3) is 0.700. The predicted octanol–water partition coefficient (Wildman–Crippen LogP) is 0.898. The number of aryl methyl sites for hydroxylation is 2. The van der Waals surface area contributed by atoms with Crippen LogP contribution in [0, 0.1) is 13.8 Å². The molecule has 1 rings (SSSR count). The van der Waals surface area contributed by atoms with Crippen LogP contribution in [0.4, 0.5) is 5.95 Å². The van der Waals surface area contributed by atoms with E-state index in [0.29, 0.717) is 12.0 Å². The molecule has 0 radical (unpaired) electrons. The fourth-order valence-corrected chi connectivity index (χ4v) is 1.07. The highest BCUT2D eigenvalue weighted by molar-refractivity contribution is 5.24. The van der Waals surface area contributed by atoms with Gasteiger partial charge < -0.3 is 10.6 Å². The van der Waals surface area contributed by atoms with Crippen LogP contribution in [0.25, 0.3) is 0 Å². The van der Waals surface area contributed by atoms with Crippen molar-refractivity contribution in [1.82, 2.24) is 20.5 Å². The maximum absolute atomic E-state index is 4.28. The zero-order valence-electron chi connectivity index (χ0n) is 9.83. The lowest BCUT2D eigenvalue weighted by Gasteiger charge is -2.09. The summed E-state index contributed by atoms with van der Waals surface area (Å²) in [6.07, 6.45) is 0. The molecule has 0 amide bonds. The van der Waals surface area contributed by atoms with E-state index in [9.17, 15) is 0 Å². The SMILES string of the molecule is Cc1nnc(NCCNC(C)C)nc1C. The molecule has 0 saturated heterocycles. The zero-order valence-corrected chi connectivity index (χ0v) is 9.83. The number of hydrogen-bond acceptors (Lipinski definition) is 5. The number of nitrogens with zero attached hydrogens (tertiary/aromatic N) is 3. The van der Waals surface area contributed by atoms with Crippen LogP contribution < -0.4 is 10.6 Å². The second-order valence-corrected chi connectivity index (χ2v) is 3.84. The number of anilines is 1. The van der Waals surface area contributed by atoms with Gasteiger partial charge in [0, 0.05) is 19.1 Å². The van der Waals surface area contributed by atoms with Crippen LogP contribution in [-0.2, 0) is 0 Å². The van der Waals surface area contributed by atoms with Gasteiger partial charge in [-0.05, 0) is 13.8 Å². The molecule has 0 aromatic carbocycles.